The number of aromatic nitrogens is 3. The molecule has 2 N–H and O–H groups in total. The maximum atomic E-state index is 13.5. The van der Waals surface area contributed by atoms with Gasteiger partial charge in [-0.25, -0.2) is 15.0 Å². The Bertz CT molecular complexity index is 1230. The third-order valence-corrected chi connectivity index (χ3v) is 4.63. The first-order chi connectivity index (χ1) is 15.5. The van der Waals surface area contributed by atoms with Gasteiger partial charge in [0, 0.05) is 29.6 Å². The molecule has 3 aromatic rings. The molecule has 12 heteroatoms. The number of rotatable bonds is 3. The standard InChI is InChI=1S/C21H14F6N6/c22-20(23,24)15-6-7-33(11-30-15)18-9-16(21(25,26)27)31-19(32-18)13-3-1-2-12(8-13)14-4-5-17(28)29-10-14/h1-10H,11H2,(H2,28,29). The molecular weight excluding hydrogens is 450 g/mol. The summed E-state index contributed by atoms with van der Waals surface area (Å²) in [6, 6.07) is 10.4. The van der Waals surface area contributed by atoms with Gasteiger partial charge < -0.3 is 10.6 Å². The molecular formula is C21H14F6N6. The quantitative estimate of drug-likeness (QED) is 0.546. The van der Waals surface area contributed by atoms with Crippen LogP contribution in [0.2, 0.25) is 0 Å². The third kappa shape index (κ3) is 4.94. The fraction of sp³-hybridized carbons (Fsp3) is 0.143. The molecule has 0 saturated heterocycles. The van der Waals surface area contributed by atoms with Gasteiger partial charge in [0.2, 0.25) is 0 Å². The van der Waals surface area contributed by atoms with Crippen molar-refractivity contribution in [1.29, 1.82) is 0 Å². The molecule has 0 radical (unpaired) electrons. The van der Waals surface area contributed by atoms with E-state index in [1.807, 2.05) is 0 Å². The third-order valence-electron chi connectivity index (χ3n) is 4.63. The van der Waals surface area contributed by atoms with Crippen molar-refractivity contribution in [3.8, 4) is 22.5 Å². The van der Waals surface area contributed by atoms with Crippen LogP contribution in [0.15, 0.2) is 65.9 Å². The van der Waals surface area contributed by atoms with E-state index in [0.29, 0.717) is 29.1 Å². The lowest BCUT2D eigenvalue weighted by Crippen LogP contribution is -2.29. The first-order valence-corrected chi connectivity index (χ1v) is 9.36. The molecule has 2 aromatic heterocycles. The average Bonchev–Trinajstić information content (AvgIpc) is 2.78. The van der Waals surface area contributed by atoms with Crippen molar-refractivity contribution in [2.24, 2.45) is 4.99 Å². The molecule has 1 aliphatic heterocycles. The van der Waals surface area contributed by atoms with Crippen molar-refractivity contribution < 1.29 is 26.3 Å². The van der Waals surface area contributed by atoms with Gasteiger partial charge in [0.1, 0.15) is 24.0 Å². The van der Waals surface area contributed by atoms with Crippen LogP contribution in [0, 0.1) is 0 Å². The van der Waals surface area contributed by atoms with E-state index < -0.39 is 30.4 Å². The Morgan fingerprint density at radius 1 is 0.848 bits per heavy atom. The van der Waals surface area contributed by atoms with Crippen LogP contribution < -0.4 is 10.6 Å². The van der Waals surface area contributed by atoms with Gasteiger partial charge in [0.25, 0.3) is 0 Å². The molecule has 0 saturated carbocycles. The largest absolute Gasteiger partial charge is 0.433 e. The molecule has 0 fully saturated rings. The number of benzene rings is 1. The molecule has 1 aromatic carbocycles. The molecule has 1 aliphatic rings. The summed E-state index contributed by atoms with van der Waals surface area (Å²) < 4.78 is 78.9. The molecule has 4 rings (SSSR count). The molecule has 6 nitrogen and oxygen atoms in total. The second kappa shape index (κ2) is 8.19. The maximum absolute atomic E-state index is 13.5. The Hall–Kier alpha value is -3.96. The van der Waals surface area contributed by atoms with Gasteiger partial charge >= 0.3 is 12.4 Å². The smallest absolute Gasteiger partial charge is 0.384 e. The summed E-state index contributed by atoms with van der Waals surface area (Å²) in [5.74, 6) is -0.177. The van der Waals surface area contributed by atoms with Gasteiger partial charge in [0.15, 0.2) is 11.5 Å². The first kappa shape index (κ1) is 22.2. The molecule has 0 spiro atoms. The molecule has 0 amide bonds. The van der Waals surface area contributed by atoms with Gasteiger partial charge in [-0.05, 0) is 29.8 Å². The predicted octanol–water partition coefficient (Wildman–Crippen LogP) is 5.10. The van der Waals surface area contributed by atoms with Crippen LogP contribution in [0.3, 0.4) is 0 Å². The number of alkyl halides is 6. The van der Waals surface area contributed by atoms with Crippen LogP contribution in [0.1, 0.15) is 5.69 Å². The van der Waals surface area contributed by atoms with E-state index in [4.69, 9.17) is 5.73 Å². The summed E-state index contributed by atoms with van der Waals surface area (Å²) in [4.78, 5) is 16.2. The van der Waals surface area contributed by atoms with E-state index in [0.717, 1.165) is 11.1 Å². The lowest BCUT2D eigenvalue weighted by molar-refractivity contribution is -0.141. The van der Waals surface area contributed by atoms with Crippen molar-refractivity contribution >= 4 is 17.3 Å². The van der Waals surface area contributed by atoms with Gasteiger partial charge in [-0.15, -0.1) is 0 Å². The van der Waals surface area contributed by atoms with E-state index in [1.54, 1.807) is 30.3 Å². The Morgan fingerprint density at radius 2 is 1.61 bits per heavy atom. The van der Waals surface area contributed by atoms with Gasteiger partial charge in [-0.3, -0.25) is 4.99 Å². The van der Waals surface area contributed by atoms with E-state index in [1.165, 1.54) is 12.3 Å². The Balaban J connectivity index is 1.74. The second-order valence-electron chi connectivity index (χ2n) is 6.95. The number of aliphatic imine (C=N–C) groups is 1. The number of nitrogen functional groups attached to an aromatic ring is 1. The van der Waals surface area contributed by atoms with E-state index >= 15 is 0 Å². The monoisotopic (exact) mass is 464 g/mol. The number of nitrogens with zero attached hydrogens (tertiary/aromatic N) is 5. The first-order valence-electron chi connectivity index (χ1n) is 9.36. The van der Waals surface area contributed by atoms with Crippen molar-refractivity contribution in [2.45, 2.75) is 12.4 Å². The van der Waals surface area contributed by atoms with E-state index in [9.17, 15) is 26.3 Å². The summed E-state index contributed by atoms with van der Waals surface area (Å²) in [6.07, 6.45) is -6.29. The number of halogens is 6. The van der Waals surface area contributed by atoms with Gasteiger partial charge in [-0.2, -0.15) is 26.3 Å². The minimum atomic E-state index is -4.80. The van der Waals surface area contributed by atoms with Crippen molar-refractivity contribution in [2.75, 3.05) is 17.3 Å². The number of pyridine rings is 1. The number of hydrogen-bond donors (Lipinski definition) is 1. The van der Waals surface area contributed by atoms with Crippen molar-refractivity contribution in [3.63, 3.8) is 0 Å². The Morgan fingerprint density at radius 3 is 2.21 bits per heavy atom. The van der Waals surface area contributed by atoms with Crippen LogP contribution in [0.25, 0.3) is 22.5 Å². The lowest BCUT2D eigenvalue weighted by Gasteiger charge is -2.23. The summed E-state index contributed by atoms with van der Waals surface area (Å²) in [5, 5.41) is 0. The molecule has 0 bridgehead atoms. The summed E-state index contributed by atoms with van der Waals surface area (Å²) in [6.45, 7) is -0.545. The van der Waals surface area contributed by atoms with Crippen molar-refractivity contribution in [1.82, 2.24) is 15.0 Å². The highest BCUT2D eigenvalue weighted by molar-refractivity contribution is 6.00. The summed E-state index contributed by atoms with van der Waals surface area (Å²) in [7, 11) is 0. The number of allylic oxidation sites excluding steroid dienone is 1. The summed E-state index contributed by atoms with van der Waals surface area (Å²) in [5.41, 5.74) is 4.80. The number of hydrogen-bond acceptors (Lipinski definition) is 6. The molecule has 0 unspecified atom stereocenters. The van der Waals surface area contributed by atoms with Crippen molar-refractivity contribution in [3.05, 3.63) is 66.6 Å². The van der Waals surface area contributed by atoms with Crippen LogP contribution in [-0.4, -0.2) is 33.5 Å². The highest BCUT2D eigenvalue weighted by Gasteiger charge is 2.36. The fourth-order valence-electron chi connectivity index (χ4n) is 3.02. The highest BCUT2D eigenvalue weighted by atomic mass is 19.4. The zero-order valence-electron chi connectivity index (χ0n) is 16.6. The Kier molecular flexibility index (Phi) is 5.52. The van der Waals surface area contributed by atoms with E-state index in [2.05, 4.69) is 19.9 Å². The highest BCUT2D eigenvalue weighted by Crippen LogP contribution is 2.33. The van der Waals surface area contributed by atoms with Crippen LogP contribution >= 0.6 is 0 Å². The minimum Gasteiger partial charge on any atom is -0.384 e. The topological polar surface area (TPSA) is 80.3 Å². The van der Waals surface area contributed by atoms with Crippen LogP contribution in [-0.2, 0) is 6.18 Å². The number of anilines is 2. The van der Waals surface area contributed by atoms with Crippen LogP contribution in [0.4, 0.5) is 38.0 Å². The van der Waals surface area contributed by atoms with Gasteiger partial charge in [-0.1, -0.05) is 18.2 Å². The minimum absolute atomic E-state index is 0.242. The fourth-order valence-corrected chi connectivity index (χ4v) is 3.02. The van der Waals surface area contributed by atoms with E-state index in [-0.39, 0.29) is 17.2 Å². The molecule has 170 valence electrons. The van der Waals surface area contributed by atoms with Gasteiger partial charge in [0.05, 0.1) is 0 Å². The molecule has 0 atom stereocenters. The zero-order valence-corrected chi connectivity index (χ0v) is 16.6. The number of nitrogens with two attached hydrogens (primary N) is 1. The SMILES string of the molecule is Nc1ccc(-c2cccc(-c3nc(N4C=CC(C(F)(F)F)=NC4)cc(C(F)(F)F)n3)c2)cn1. The van der Waals surface area contributed by atoms with Crippen LogP contribution in [0.5, 0.6) is 0 Å². The average molecular weight is 464 g/mol. The second-order valence-corrected chi connectivity index (χ2v) is 6.95. The maximum Gasteiger partial charge on any atom is 0.433 e. The zero-order chi connectivity index (χ0) is 23.8. The molecule has 33 heavy (non-hydrogen) atoms. The predicted molar refractivity (Wildman–Crippen MR) is 110 cm³/mol. The summed E-state index contributed by atoms with van der Waals surface area (Å²) >= 11 is 0. The normalized spacial score (nSPS) is 14.4. The lowest BCUT2D eigenvalue weighted by atomic mass is 10.0. The Labute approximate surface area is 183 Å². The molecule has 0 aliphatic carbocycles. The molecule has 3 heterocycles.